The summed E-state index contributed by atoms with van der Waals surface area (Å²) in [5.41, 5.74) is 2.13. The first-order valence-electron chi connectivity index (χ1n) is 7.38. The Morgan fingerprint density at radius 3 is 2.62 bits per heavy atom. The molecular formula is C15H17N5O4. The highest BCUT2D eigenvalue weighted by Gasteiger charge is 2.42. The molecule has 1 atom stereocenters. The van der Waals surface area contributed by atoms with E-state index in [4.69, 9.17) is 0 Å². The van der Waals surface area contributed by atoms with E-state index in [1.807, 2.05) is 6.07 Å². The van der Waals surface area contributed by atoms with Gasteiger partial charge in [0, 0.05) is 27.7 Å². The number of fused-ring (bicyclic) bond motifs is 1. The van der Waals surface area contributed by atoms with Crippen molar-refractivity contribution in [2.75, 3.05) is 21.1 Å². The minimum Gasteiger partial charge on any atom is -0.341 e. The third-order valence-electron chi connectivity index (χ3n) is 4.20. The molecule has 1 aliphatic rings. The van der Waals surface area contributed by atoms with Crippen LogP contribution in [0.25, 0.3) is 11.0 Å². The highest BCUT2D eigenvalue weighted by Crippen LogP contribution is 2.18. The highest BCUT2D eigenvalue weighted by molar-refractivity contribution is 6.05. The Labute approximate surface area is 137 Å². The molecule has 1 saturated heterocycles. The number of carbonyl (C=O) groups is 3. The van der Waals surface area contributed by atoms with E-state index in [1.54, 1.807) is 19.2 Å². The van der Waals surface area contributed by atoms with Crippen LogP contribution in [0.15, 0.2) is 22.8 Å². The number of aromatic nitrogens is 2. The maximum absolute atomic E-state index is 12.4. The summed E-state index contributed by atoms with van der Waals surface area (Å²) in [6.07, 6.45) is -0.0460. The Kier molecular flexibility index (Phi) is 3.92. The van der Waals surface area contributed by atoms with Crippen molar-refractivity contribution in [2.45, 2.75) is 19.0 Å². The molecule has 9 heteroatoms. The van der Waals surface area contributed by atoms with Gasteiger partial charge in [-0.2, -0.15) is 0 Å². The van der Waals surface area contributed by atoms with Crippen LogP contribution in [0, 0.1) is 0 Å². The zero-order valence-electron chi connectivity index (χ0n) is 13.6. The van der Waals surface area contributed by atoms with Gasteiger partial charge in [-0.3, -0.25) is 14.5 Å². The van der Waals surface area contributed by atoms with Gasteiger partial charge < -0.3 is 9.80 Å². The first-order chi connectivity index (χ1) is 11.4. The van der Waals surface area contributed by atoms with Crippen LogP contribution in [-0.2, 0) is 16.1 Å². The Hall–Kier alpha value is -2.97. The van der Waals surface area contributed by atoms with Crippen LogP contribution in [0.3, 0.4) is 0 Å². The number of carbonyl (C=O) groups excluding carboxylic acids is 3. The van der Waals surface area contributed by atoms with Gasteiger partial charge in [-0.05, 0) is 28.0 Å². The topological polar surface area (TPSA) is 99.9 Å². The summed E-state index contributed by atoms with van der Waals surface area (Å²) in [5, 5.41) is 7.49. The number of hydrogen-bond acceptors (Lipinski definition) is 6. The molecule has 9 nitrogen and oxygen atoms in total. The lowest BCUT2D eigenvalue weighted by Crippen LogP contribution is -2.38. The molecule has 0 spiro atoms. The summed E-state index contributed by atoms with van der Waals surface area (Å²) in [5.74, 6) is -0.582. The molecule has 0 bridgehead atoms. The van der Waals surface area contributed by atoms with Crippen molar-refractivity contribution in [1.29, 1.82) is 0 Å². The molecule has 0 N–H and O–H groups in total. The van der Waals surface area contributed by atoms with Crippen LogP contribution < -0.4 is 0 Å². The number of hydrogen-bond donors (Lipinski definition) is 0. The second-order valence-corrected chi connectivity index (χ2v) is 5.85. The van der Waals surface area contributed by atoms with Gasteiger partial charge in [-0.1, -0.05) is 6.07 Å². The molecular weight excluding hydrogens is 314 g/mol. The molecule has 24 heavy (non-hydrogen) atoms. The molecule has 0 radical (unpaired) electrons. The van der Waals surface area contributed by atoms with Gasteiger partial charge >= 0.3 is 6.03 Å². The van der Waals surface area contributed by atoms with E-state index in [0.29, 0.717) is 17.6 Å². The highest BCUT2D eigenvalue weighted by atomic mass is 16.6. The molecule has 2 heterocycles. The summed E-state index contributed by atoms with van der Waals surface area (Å²) in [7, 11) is 4.59. The van der Waals surface area contributed by atoms with Gasteiger partial charge in [0.05, 0.1) is 6.42 Å². The van der Waals surface area contributed by atoms with Crippen molar-refractivity contribution in [2.24, 2.45) is 0 Å². The SMILES string of the molecule is CN(Cc1ccc2nonc2c1)C(=O)C[C@H]1C(=O)N(C)C(=O)N1C. The summed E-state index contributed by atoms with van der Waals surface area (Å²) in [6, 6.07) is 4.24. The largest absolute Gasteiger partial charge is 0.341 e. The van der Waals surface area contributed by atoms with Crippen molar-refractivity contribution in [3.05, 3.63) is 23.8 Å². The number of nitrogens with zero attached hydrogens (tertiary/aromatic N) is 5. The number of urea groups is 1. The van der Waals surface area contributed by atoms with E-state index in [9.17, 15) is 14.4 Å². The molecule has 2 aromatic rings. The maximum atomic E-state index is 12.4. The molecule has 0 saturated carbocycles. The van der Waals surface area contributed by atoms with E-state index >= 15 is 0 Å². The van der Waals surface area contributed by atoms with Gasteiger partial charge in [0.25, 0.3) is 5.91 Å². The summed E-state index contributed by atoms with van der Waals surface area (Å²) >= 11 is 0. The second-order valence-electron chi connectivity index (χ2n) is 5.85. The second kappa shape index (κ2) is 5.91. The fourth-order valence-corrected chi connectivity index (χ4v) is 2.69. The lowest BCUT2D eigenvalue weighted by molar-refractivity contribution is -0.135. The van der Waals surface area contributed by atoms with Crippen LogP contribution in [0.1, 0.15) is 12.0 Å². The van der Waals surface area contributed by atoms with E-state index in [2.05, 4.69) is 14.9 Å². The number of benzene rings is 1. The third kappa shape index (κ3) is 2.68. The zero-order chi connectivity index (χ0) is 17.4. The number of likely N-dealkylation sites (N-methyl/N-ethyl adjacent to an activating group) is 2. The van der Waals surface area contributed by atoms with E-state index in [-0.39, 0.29) is 18.2 Å². The molecule has 1 aromatic heterocycles. The zero-order valence-corrected chi connectivity index (χ0v) is 13.6. The number of amides is 4. The van der Waals surface area contributed by atoms with E-state index in [0.717, 1.165) is 10.5 Å². The molecule has 1 aromatic carbocycles. The number of rotatable bonds is 4. The van der Waals surface area contributed by atoms with Crippen molar-refractivity contribution in [3.8, 4) is 0 Å². The fraction of sp³-hybridized carbons (Fsp3) is 0.400. The van der Waals surface area contributed by atoms with Crippen LogP contribution in [-0.4, -0.2) is 70.0 Å². The van der Waals surface area contributed by atoms with Crippen molar-refractivity contribution in [3.63, 3.8) is 0 Å². The predicted octanol–water partition coefficient (Wildman–Crippen LogP) is 0.464. The van der Waals surface area contributed by atoms with Crippen LogP contribution in [0.5, 0.6) is 0 Å². The summed E-state index contributed by atoms with van der Waals surface area (Å²) < 4.78 is 4.64. The van der Waals surface area contributed by atoms with E-state index < -0.39 is 12.1 Å². The third-order valence-corrected chi connectivity index (χ3v) is 4.20. The minimum atomic E-state index is -0.750. The first-order valence-corrected chi connectivity index (χ1v) is 7.38. The van der Waals surface area contributed by atoms with Crippen LogP contribution in [0.2, 0.25) is 0 Å². The number of imide groups is 1. The molecule has 1 aliphatic heterocycles. The quantitative estimate of drug-likeness (QED) is 0.755. The van der Waals surface area contributed by atoms with Crippen molar-refractivity contribution in [1.82, 2.24) is 25.0 Å². The smallest absolute Gasteiger partial charge is 0.326 e. The normalized spacial score (nSPS) is 17.9. The fourth-order valence-electron chi connectivity index (χ4n) is 2.69. The van der Waals surface area contributed by atoms with Gasteiger partial charge in [-0.25, -0.2) is 9.42 Å². The van der Waals surface area contributed by atoms with Crippen molar-refractivity contribution < 1.29 is 19.0 Å². The van der Waals surface area contributed by atoms with Crippen molar-refractivity contribution >= 4 is 28.9 Å². The maximum Gasteiger partial charge on any atom is 0.326 e. The van der Waals surface area contributed by atoms with Gasteiger partial charge in [0.15, 0.2) is 0 Å². The Bertz CT molecular complexity index is 817. The van der Waals surface area contributed by atoms with Gasteiger partial charge in [0.1, 0.15) is 17.1 Å². The van der Waals surface area contributed by atoms with Gasteiger partial charge in [-0.15, -0.1) is 0 Å². The minimum absolute atomic E-state index is 0.0460. The molecule has 3 rings (SSSR count). The van der Waals surface area contributed by atoms with Crippen LogP contribution in [0.4, 0.5) is 4.79 Å². The molecule has 4 amide bonds. The summed E-state index contributed by atoms with van der Waals surface area (Å²) in [4.78, 5) is 40.0. The predicted molar refractivity (Wildman–Crippen MR) is 82.6 cm³/mol. The van der Waals surface area contributed by atoms with E-state index in [1.165, 1.54) is 23.9 Å². The monoisotopic (exact) mass is 331 g/mol. The average Bonchev–Trinajstić information content (AvgIpc) is 3.10. The summed E-state index contributed by atoms with van der Waals surface area (Å²) in [6.45, 7) is 0.357. The van der Waals surface area contributed by atoms with Crippen LogP contribution >= 0.6 is 0 Å². The first kappa shape index (κ1) is 15.9. The average molecular weight is 331 g/mol. The Balaban J connectivity index is 1.66. The Morgan fingerprint density at radius 1 is 1.25 bits per heavy atom. The molecule has 0 aliphatic carbocycles. The molecule has 126 valence electrons. The Morgan fingerprint density at radius 2 is 1.96 bits per heavy atom. The van der Waals surface area contributed by atoms with Gasteiger partial charge in [0.2, 0.25) is 5.91 Å². The lowest BCUT2D eigenvalue weighted by Gasteiger charge is -2.21. The molecule has 0 unspecified atom stereocenters. The molecule has 1 fully saturated rings. The lowest BCUT2D eigenvalue weighted by atomic mass is 10.1. The standard InChI is InChI=1S/C15H17N5O4/c1-18(8-9-4-5-10-11(6-9)17-24-16-10)13(21)7-12-14(22)20(3)15(23)19(12)2/h4-6,12H,7-8H2,1-3H3/t12-/m0/s1.